The molecule has 0 aliphatic carbocycles. The van der Waals surface area contributed by atoms with E-state index in [2.05, 4.69) is 10.1 Å². The lowest BCUT2D eigenvalue weighted by molar-refractivity contribution is -0.383. The first-order chi connectivity index (χ1) is 6.72. The van der Waals surface area contributed by atoms with Gasteiger partial charge in [-0.3, -0.25) is 10.1 Å². The normalized spacial score (nSPS) is 10.6. The Morgan fingerprint density at radius 3 is 3.07 bits per heavy atom. The van der Waals surface area contributed by atoms with Crippen LogP contribution in [-0.4, -0.2) is 19.5 Å². The summed E-state index contributed by atoms with van der Waals surface area (Å²) in [6.07, 6.45) is 1.59. The molecule has 0 aliphatic rings. The SMILES string of the molecule is NCc1nc2c([N+](=O)[O-])cccn2n1. The largest absolute Gasteiger partial charge is 0.324 e. The molecule has 0 radical (unpaired) electrons. The van der Waals surface area contributed by atoms with Crippen molar-refractivity contribution in [1.29, 1.82) is 0 Å². The first-order valence-electron chi connectivity index (χ1n) is 3.91. The molecule has 2 rings (SSSR count). The van der Waals surface area contributed by atoms with Gasteiger partial charge in [-0.05, 0) is 6.07 Å². The average Bonchev–Trinajstić information content (AvgIpc) is 2.59. The molecule has 7 heteroatoms. The summed E-state index contributed by atoms with van der Waals surface area (Å²) in [6.45, 7) is 0.166. The Hall–Kier alpha value is -2.02. The van der Waals surface area contributed by atoms with E-state index in [0.29, 0.717) is 5.82 Å². The highest BCUT2D eigenvalue weighted by molar-refractivity contribution is 5.58. The summed E-state index contributed by atoms with van der Waals surface area (Å²) in [5.41, 5.74) is 5.48. The molecule has 0 fully saturated rings. The summed E-state index contributed by atoms with van der Waals surface area (Å²) in [7, 11) is 0. The van der Waals surface area contributed by atoms with Gasteiger partial charge >= 0.3 is 5.69 Å². The number of hydrogen-bond acceptors (Lipinski definition) is 5. The standard InChI is InChI=1S/C7H7N5O2/c8-4-6-9-7-5(12(13)14)2-1-3-11(7)10-6/h1-3H,4,8H2. The molecule has 2 N–H and O–H groups in total. The molecule has 0 aliphatic heterocycles. The number of nitrogens with two attached hydrogens (primary N) is 1. The molecule has 2 aromatic rings. The summed E-state index contributed by atoms with van der Waals surface area (Å²) in [4.78, 5) is 14.0. The Morgan fingerprint density at radius 2 is 2.43 bits per heavy atom. The van der Waals surface area contributed by atoms with E-state index in [1.54, 1.807) is 12.3 Å². The lowest BCUT2D eigenvalue weighted by atomic mass is 10.4. The van der Waals surface area contributed by atoms with Crippen molar-refractivity contribution in [2.75, 3.05) is 0 Å². The van der Waals surface area contributed by atoms with Crippen molar-refractivity contribution in [2.45, 2.75) is 6.54 Å². The van der Waals surface area contributed by atoms with Crippen molar-refractivity contribution in [1.82, 2.24) is 14.6 Å². The second kappa shape index (κ2) is 3.04. The molecular weight excluding hydrogens is 186 g/mol. The van der Waals surface area contributed by atoms with Crippen LogP contribution in [0.1, 0.15) is 5.82 Å². The predicted octanol–water partition coefficient (Wildman–Crippen LogP) is 0.0962. The van der Waals surface area contributed by atoms with E-state index in [-0.39, 0.29) is 17.9 Å². The fourth-order valence-electron chi connectivity index (χ4n) is 1.17. The van der Waals surface area contributed by atoms with Gasteiger partial charge in [0, 0.05) is 12.3 Å². The molecule has 2 aromatic heterocycles. The minimum atomic E-state index is -0.496. The summed E-state index contributed by atoms with van der Waals surface area (Å²) in [6, 6.07) is 2.92. The fraction of sp³-hybridized carbons (Fsp3) is 0.143. The fourth-order valence-corrected chi connectivity index (χ4v) is 1.17. The second-order valence-corrected chi connectivity index (χ2v) is 2.65. The molecular formula is C7H7N5O2. The van der Waals surface area contributed by atoms with Gasteiger partial charge in [-0.15, -0.1) is 5.10 Å². The highest BCUT2D eigenvalue weighted by atomic mass is 16.6. The molecule has 14 heavy (non-hydrogen) atoms. The summed E-state index contributed by atoms with van der Waals surface area (Å²) >= 11 is 0. The van der Waals surface area contributed by atoms with Crippen LogP contribution in [-0.2, 0) is 6.54 Å². The Morgan fingerprint density at radius 1 is 1.64 bits per heavy atom. The van der Waals surface area contributed by atoms with E-state index in [9.17, 15) is 10.1 Å². The van der Waals surface area contributed by atoms with Crippen LogP contribution in [0.15, 0.2) is 18.3 Å². The maximum Gasteiger partial charge on any atom is 0.313 e. The Kier molecular flexibility index (Phi) is 1.86. The molecule has 0 atom stereocenters. The maximum absolute atomic E-state index is 10.6. The lowest BCUT2D eigenvalue weighted by Gasteiger charge is -1.91. The van der Waals surface area contributed by atoms with Crippen LogP contribution in [0.25, 0.3) is 5.65 Å². The third kappa shape index (κ3) is 1.19. The quantitative estimate of drug-likeness (QED) is 0.538. The third-order valence-corrected chi connectivity index (χ3v) is 1.76. The van der Waals surface area contributed by atoms with Crippen LogP contribution < -0.4 is 5.73 Å². The first kappa shape index (κ1) is 8.57. The van der Waals surface area contributed by atoms with Crippen LogP contribution in [0.2, 0.25) is 0 Å². The van der Waals surface area contributed by atoms with Crippen molar-refractivity contribution in [3.05, 3.63) is 34.3 Å². The Labute approximate surface area is 78.3 Å². The number of rotatable bonds is 2. The van der Waals surface area contributed by atoms with E-state index in [4.69, 9.17) is 5.73 Å². The third-order valence-electron chi connectivity index (χ3n) is 1.76. The summed E-state index contributed by atoms with van der Waals surface area (Å²) in [5.74, 6) is 0.388. The van der Waals surface area contributed by atoms with Crippen LogP contribution in [0.4, 0.5) is 5.69 Å². The second-order valence-electron chi connectivity index (χ2n) is 2.65. The molecule has 7 nitrogen and oxygen atoms in total. The molecule has 0 unspecified atom stereocenters. The van der Waals surface area contributed by atoms with Crippen molar-refractivity contribution < 1.29 is 4.92 Å². The van der Waals surface area contributed by atoms with Gasteiger partial charge in [0.15, 0.2) is 5.82 Å². The molecule has 0 saturated carbocycles. The van der Waals surface area contributed by atoms with Crippen LogP contribution in [0.5, 0.6) is 0 Å². The van der Waals surface area contributed by atoms with Crippen LogP contribution >= 0.6 is 0 Å². The van der Waals surface area contributed by atoms with Crippen molar-refractivity contribution >= 4 is 11.3 Å². The van der Waals surface area contributed by atoms with E-state index in [0.717, 1.165) is 0 Å². The number of aromatic nitrogens is 3. The molecule has 0 spiro atoms. The van der Waals surface area contributed by atoms with Gasteiger partial charge in [0.25, 0.3) is 0 Å². The highest BCUT2D eigenvalue weighted by Crippen LogP contribution is 2.16. The van der Waals surface area contributed by atoms with E-state index >= 15 is 0 Å². The number of hydrogen-bond donors (Lipinski definition) is 1. The minimum absolute atomic E-state index is 0.0697. The van der Waals surface area contributed by atoms with Gasteiger partial charge < -0.3 is 5.73 Å². The number of nitrogens with zero attached hydrogens (tertiary/aromatic N) is 4. The minimum Gasteiger partial charge on any atom is -0.324 e. The van der Waals surface area contributed by atoms with E-state index in [1.165, 1.54) is 10.6 Å². The molecule has 0 amide bonds. The van der Waals surface area contributed by atoms with Crippen molar-refractivity contribution in [3.63, 3.8) is 0 Å². The molecule has 0 bridgehead atoms. The lowest BCUT2D eigenvalue weighted by Crippen LogP contribution is -1.98. The predicted molar refractivity (Wildman–Crippen MR) is 47.5 cm³/mol. The maximum atomic E-state index is 10.6. The highest BCUT2D eigenvalue weighted by Gasteiger charge is 2.14. The molecule has 2 heterocycles. The van der Waals surface area contributed by atoms with Gasteiger partial charge in [-0.1, -0.05) is 0 Å². The van der Waals surface area contributed by atoms with Crippen molar-refractivity contribution in [2.24, 2.45) is 5.73 Å². The zero-order valence-electron chi connectivity index (χ0n) is 7.12. The van der Waals surface area contributed by atoms with Gasteiger partial charge in [0.2, 0.25) is 5.65 Å². The summed E-state index contributed by atoms with van der Waals surface area (Å²) in [5, 5.41) is 14.6. The first-order valence-corrected chi connectivity index (χ1v) is 3.91. The van der Waals surface area contributed by atoms with Crippen molar-refractivity contribution in [3.8, 4) is 0 Å². The molecule has 72 valence electrons. The average molecular weight is 193 g/mol. The zero-order valence-corrected chi connectivity index (χ0v) is 7.12. The Balaban J connectivity index is 2.73. The number of nitro groups is 1. The molecule has 0 aromatic carbocycles. The monoisotopic (exact) mass is 193 g/mol. The van der Waals surface area contributed by atoms with Crippen LogP contribution in [0, 0.1) is 10.1 Å². The summed E-state index contributed by atoms with van der Waals surface area (Å²) < 4.78 is 1.35. The topological polar surface area (TPSA) is 99.3 Å². The van der Waals surface area contributed by atoms with Gasteiger partial charge in [0.1, 0.15) is 0 Å². The van der Waals surface area contributed by atoms with Gasteiger partial charge in [-0.25, -0.2) is 9.50 Å². The smallest absolute Gasteiger partial charge is 0.313 e. The van der Waals surface area contributed by atoms with Crippen LogP contribution in [0.3, 0.4) is 0 Å². The van der Waals surface area contributed by atoms with E-state index in [1.807, 2.05) is 0 Å². The number of pyridine rings is 1. The van der Waals surface area contributed by atoms with Gasteiger partial charge in [-0.2, -0.15) is 0 Å². The number of fused-ring (bicyclic) bond motifs is 1. The molecule has 0 saturated heterocycles. The Bertz CT molecular complexity index is 492. The van der Waals surface area contributed by atoms with Gasteiger partial charge in [0.05, 0.1) is 11.5 Å². The van der Waals surface area contributed by atoms with E-state index < -0.39 is 4.92 Å². The zero-order chi connectivity index (χ0) is 10.1.